The largest absolute Gasteiger partial charge is 0.493 e. The van der Waals surface area contributed by atoms with Crippen molar-refractivity contribution in [1.29, 1.82) is 0 Å². The van der Waals surface area contributed by atoms with Gasteiger partial charge in [-0.25, -0.2) is 0 Å². The van der Waals surface area contributed by atoms with Crippen molar-refractivity contribution >= 4 is 5.91 Å². The minimum atomic E-state index is -0.182. The van der Waals surface area contributed by atoms with Crippen LogP contribution in [0.2, 0.25) is 0 Å². The van der Waals surface area contributed by atoms with E-state index in [1.807, 2.05) is 37.3 Å². The molecule has 0 spiro atoms. The van der Waals surface area contributed by atoms with Crippen LogP contribution in [-0.4, -0.2) is 17.1 Å². The first-order valence-corrected chi connectivity index (χ1v) is 8.92. The van der Waals surface area contributed by atoms with Crippen molar-refractivity contribution in [2.45, 2.75) is 45.7 Å². The maximum Gasteiger partial charge on any atom is 0.257 e. The molecule has 5 heteroatoms. The monoisotopic (exact) mass is 340 g/mol. The lowest BCUT2D eigenvalue weighted by Crippen LogP contribution is -2.31. The number of nitrogens with one attached hydrogen (secondary N) is 1. The molecule has 1 N–H and O–H groups in total. The Hall–Kier alpha value is -2.56. The summed E-state index contributed by atoms with van der Waals surface area (Å²) >= 11 is 0. The molecule has 1 aliphatic rings. The van der Waals surface area contributed by atoms with Gasteiger partial charge in [-0.3, -0.25) is 9.59 Å². The molecule has 0 radical (unpaired) electrons. The van der Waals surface area contributed by atoms with E-state index in [9.17, 15) is 9.59 Å². The molecule has 2 aromatic rings. The summed E-state index contributed by atoms with van der Waals surface area (Å²) in [6, 6.07) is 11.2. The fraction of sp³-hybridized carbons (Fsp3) is 0.400. The number of hydrogen-bond acceptors (Lipinski definition) is 3. The Morgan fingerprint density at radius 3 is 2.76 bits per heavy atom. The Bertz CT molecular complexity index is 797. The number of carbonyl (C=O) groups is 1. The van der Waals surface area contributed by atoms with Crippen molar-refractivity contribution in [2.24, 2.45) is 0 Å². The molecule has 0 fully saturated rings. The van der Waals surface area contributed by atoms with Crippen LogP contribution in [0.4, 0.5) is 0 Å². The van der Waals surface area contributed by atoms with Gasteiger partial charge in [0.1, 0.15) is 11.3 Å². The van der Waals surface area contributed by atoms with E-state index in [0.29, 0.717) is 31.0 Å². The molecule has 0 unspecified atom stereocenters. The molecule has 0 aliphatic carbocycles. The minimum Gasteiger partial charge on any atom is -0.493 e. The van der Waals surface area contributed by atoms with E-state index in [1.54, 1.807) is 4.57 Å². The predicted octanol–water partition coefficient (Wildman–Crippen LogP) is 2.90. The van der Waals surface area contributed by atoms with Crippen LogP contribution < -0.4 is 15.6 Å². The first-order chi connectivity index (χ1) is 12.2. The van der Waals surface area contributed by atoms with Gasteiger partial charge in [0.25, 0.3) is 11.5 Å². The number of ether oxygens (including phenoxy) is 1. The third kappa shape index (κ3) is 3.92. The second-order valence-corrected chi connectivity index (χ2v) is 6.23. The Morgan fingerprint density at radius 2 is 2.00 bits per heavy atom. The average molecular weight is 340 g/mol. The molecular weight excluding hydrogens is 316 g/mol. The average Bonchev–Trinajstić information content (AvgIpc) is 2.87. The second kappa shape index (κ2) is 8.01. The molecular formula is C20H24N2O3. The van der Waals surface area contributed by atoms with Gasteiger partial charge in [-0.05, 0) is 31.7 Å². The van der Waals surface area contributed by atoms with Crippen LogP contribution in [-0.2, 0) is 19.5 Å². The van der Waals surface area contributed by atoms with E-state index < -0.39 is 0 Å². The normalized spacial score (nSPS) is 13.6. The number of amides is 1. The van der Waals surface area contributed by atoms with Gasteiger partial charge in [0.05, 0.1) is 6.61 Å². The van der Waals surface area contributed by atoms with E-state index in [4.69, 9.17) is 4.74 Å². The Labute approximate surface area is 147 Å². The fourth-order valence-electron chi connectivity index (χ4n) is 3.30. The molecule has 0 bridgehead atoms. The molecule has 1 aromatic carbocycles. The predicted molar refractivity (Wildman–Crippen MR) is 97.0 cm³/mol. The lowest BCUT2D eigenvalue weighted by Gasteiger charge is -2.18. The molecule has 1 amide bonds. The Balaban J connectivity index is 1.94. The van der Waals surface area contributed by atoms with Crippen LogP contribution in [0.25, 0.3) is 0 Å². The maximum atomic E-state index is 12.9. The van der Waals surface area contributed by atoms with Gasteiger partial charge in [0, 0.05) is 24.8 Å². The van der Waals surface area contributed by atoms with Crippen LogP contribution in [0.5, 0.6) is 5.75 Å². The summed E-state index contributed by atoms with van der Waals surface area (Å²) < 4.78 is 7.37. The van der Waals surface area contributed by atoms with Crippen molar-refractivity contribution < 1.29 is 9.53 Å². The maximum absolute atomic E-state index is 12.9. The molecule has 1 aliphatic heterocycles. The topological polar surface area (TPSA) is 60.3 Å². The standard InChI is InChI=1S/C20H24N2O3/c1-2-25-17-13-18(23)22-12-8-4-7-11-16(22)19(17)20(24)21-14-15-9-5-3-6-10-15/h3,5-6,9-10,13H,2,4,7-8,11-12,14H2,1H3,(H,21,24). The van der Waals surface area contributed by atoms with E-state index in [0.717, 1.165) is 36.9 Å². The minimum absolute atomic E-state index is 0.0834. The highest BCUT2D eigenvalue weighted by atomic mass is 16.5. The van der Waals surface area contributed by atoms with Gasteiger partial charge >= 0.3 is 0 Å². The molecule has 2 heterocycles. The Kier molecular flexibility index (Phi) is 5.53. The van der Waals surface area contributed by atoms with E-state index in [1.165, 1.54) is 6.07 Å². The zero-order chi connectivity index (χ0) is 17.6. The number of aromatic nitrogens is 1. The first kappa shape index (κ1) is 17.3. The van der Waals surface area contributed by atoms with Crippen molar-refractivity contribution in [1.82, 2.24) is 9.88 Å². The van der Waals surface area contributed by atoms with Crippen LogP contribution in [0.1, 0.15) is 47.8 Å². The van der Waals surface area contributed by atoms with E-state index in [2.05, 4.69) is 5.32 Å². The second-order valence-electron chi connectivity index (χ2n) is 6.23. The smallest absolute Gasteiger partial charge is 0.257 e. The molecule has 5 nitrogen and oxygen atoms in total. The molecule has 3 rings (SSSR count). The van der Waals surface area contributed by atoms with Crippen LogP contribution in [0.3, 0.4) is 0 Å². The molecule has 0 saturated carbocycles. The van der Waals surface area contributed by atoms with Crippen LogP contribution in [0, 0.1) is 0 Å². The fourth-order valence-corrected chi connectivity index (χ4v) is 3.30. The summed E-state index contributed by atoms with van der Waals surface area (Å²) in [5.74, 6) is 0.212. The summed E-state index contributed by atoms with van der Waals surface area (Å²) in [5.41, 5.74) is 2.27. The SMILES string of the molecule is CCOc1cc(=O)n2c(c1C(=O)NCc1ccccc1)CCCCC2. The number of benzene rings is 1. The van der Waals surface area contributed by atoms with Crippen molar-refractivity contribution in [3.8, 4) is 5.75 Å². The molecule has 25 heavy (non-hydrogen) atoms. The van der Waals surface area contributed by atoms with Gasteiger partial charge < -0.3 is 14.6 Å². The van der Waals surface area contributed by atoms with Crippen molar-refractivity contribution in [3.63, 3.8) is 0 Å². The molecule has 0 saturated heterocycles. The van der Waals surface area contributed by atoms with Gasteiger partial charge in [-0.15, -0.1) is 0 Å². The molecule has 0 atom stereocenters. The highest BCUT2D eigenvalue weighted by molar-refractivity contribution is 5.98. The summed E-state index contributed by atoms with van der Waals surface area (Å²) in [5, 5.41) is 2.97. The van der Waals surface area contributed by atoms with Crippen LogP contribution in [0.15, 0.2) is 41.2 Å². The quantitative estimate of drug-likeness (QED) is 0.910. The number of nitrogens with zero attached hydrogens (tertiary/aromatic N) is 1. The third-order valence-corrected chi connectivity index (χ3v) is 4.50. The van der Waals surface area contributed by atoms with E-state index >= 15 is 0 Å². The number of fused-ring (bicyclic) bond motifs is 1. The van der Waals surface area contributed by atoms with Crippen LogP contribution >= 0.6 is 0 Å². The summed E-state index contributed by atoms with van der Waals surface area (Å²) in [6.45, 7) is 3.39. The molecule has 132 valence electrons. The third-order valence-electron chi connectivity index (χ3n) is 4.50. The number of hydrogen-bond donors (Lipinski definition) is 1. The van der Waals surface area contributed by atoms with Gasteiger partial charge in [-0.1, -0.05) is 36.8 Å². The lowest BCUT2D eigenvalue weighted by molar-refractivity contribution is 0.0945. The summed E-state index contributed by atoms with van der Waals surface area (Å²) in [6.07, 6.45) is 3.74. The zero-order valence-corrected chi connectivity index (χ0v) is 14.6. The Morgan fingerprint density at radius 1 is 1.20 bits per heavy atom. The summed E-state index contributed by atoms with van der Waals surface area (Å²) in [4.78, 5) is 25.3. The number of carbonyl (C=O) groups excluding carboxylic acids is 1. The van der Waals surface area contributed by atoms with Gasteiger partial charge in [0.2, 0.25) is 0 Å². The number of rotatable bonds is 5. The van der Waals surface area contributed by atoms with Crippen molar-refractivity contribution in [3.05, 3.63) is 63.6 Å². The first-order valence-electron chi connectivity index (χ1n) is 8.92. The lowest BCUT2D eigenvalue weighted by atomic mass is 10.1. The van der Waals surface area contributed by atoms with Crippen molar-refractivity contribution in [2.75, 3.05) is 6.61 Å². The van der Waals surface area contributed by atoms with Gasteiger partial charge in [-0.2, -0.15) is 0 Å². The molecule has 1 aromatic heterocycles. The highest BCUT2D eigenvalue weighted by Gasteiger charge is 2.23. The van der Waals surface area contributed by atoms with E-state index in [-0.39, 0.29) is 11.5 Å². The summed E-state index contributed by atoms with van der Waals surface area (Å²) in [7, 11) is 0. The number of pyridine rings is 1. The zero-order valence-electron chi connectivity index (χ0n) is 14.6. The highest BCUT2D eigenvalue weighted by Crippen LogP contribution is 2.25. The van der Waals surface area contributed by atoms with Gasteiger partial charge in [0.15, 0.2) is 0 Å².